The van der Waals surface area contributed by atoms with Gasteiger partial charge in [-0.25, -0.2) is 0 Å². The molecular weight excluding hydrogens is 229 g/mol. The van der Waals surface area contributed by atoms with E-state index in [2.05, 4.69) is 0 Å². The van der Waals surface area contributed by atoms with Crippen LogP contribution in [0.1, 0.15) is 31.2 Å². The molecule has 0 aliphatic carbocycles. The van der Waals surface area contributed by atoms with Crippen LogP contribution in [-0.2, 0) is 0 Å². The third kappa shape index (κ3) is 6.87. The van der Waals surface area contributed by atoms with Crippen LogP contribution in [0, 0.1) is 6.92 Å². The van der Waals surface area contributed by atoms with Gasteiger partial charge in [-0.1, -0.05) is 17.7 Å². The van der Waals surface area contributed by atoms with Crippen LogP contribution >= 0.6 is 0 Å². The number of hydrogen-bond acceptors (Lipinski definition) is 1. The van der Waals surface area contributed by atoms with Gasteiger partial charge in [0, 0.05) is 6.42 Å². The lowest BCUT2D eigenvalue weighted by molar-refractivity contribution is -0.135. The van der Waals surface area contributed by atoms with Crippen LogP contribution < -0.4 is 4.74 Å². The molecule has 0 radical (unpaired) electrons. The molecule has 0 aliphatic heterocycles. The zero-order valence-corrected chi connectivity index (χ0v) is 9.89. The van der Waals surface area contributed by atoms with Crippen LogP contribution in [0.15, 0.2) is 24.3 Å². The smallest absolute Gasteiger partial charge is 0.389 e. The van der Waals surface area contributed by atoms with Gasteiger partial charge in [-0.3, -0.25) is 0 Å². The zero-order chi connectivity index (χ0) is 12.7. The van der Waals surface area contributed by atoms with Crippen molar-refractivity contribution in [3.63, 3.8) is 0 Å². The van der Waals surface area contributed by atoms with Gasteiger partial charge in [-0.2, -0.15) is 13.2 Å². The maximum Gasteiger partial charge on any atom is 0.389 e. The minimum atomic E-state index is -4.03. The van der Waals surface area contributed by atoms with E-state index in [0.29, 0.717) is 19.4 Å². The molecule has 0 atom stereocenters. The highest BCUT2D eigenvalue weighted by Crippen LogP contribution is 2.22. The molecule has 1 nitrogen and oxygen atoms in total. The van der Waals surface area contributed by atoms with Crippen LogP contribution in [0.25, 0.3) is 0 Å². The second-order valence-electron chi connectivity index (χ2n) is 4.09. The van der Waals surface area contributed by atoms with Crippen molar-refractivity contribution >= 4 is 0 Å². The number of rotatable bonds is 6. The Morgan fingerprint density at radius 3 is 2.24 bits per heavy atom. The molecule has 0 saturated carbocycles. The highest BCUT2D eigenvalue weighted by Gasteiger charge is 2.25. The van der Waals surface area contributed by atoms with Gasteiger partial charge >= 0.3 is 6.18 Å². The van der Waals surface area contributed by atoms with Crippen LogP contribution in [-0.4, -0.2) is 12.8 Å². The number of aryl methyl sites for hydroxylation is 1. The van der Waals surface area contributed by atoms with Gasteiger partial charge in [-0.05, 0) is 38.3 Å². The summed E-state index contributed by atoms with van der Waals surface area (Å²) in [6.07, 6.45) is -3.34. The number of hydrogen-bond donors (Lipinski definition) is 0. The Labute approximate surface area is 99.6 Å². The number of benzene rings is 1. The van der Waals surface area contributed by atoms with Crippen molar-refractivity contribution in [2.75, 3.05) is 6.61 Å². The van der Waals surface area contributed by atoms with Crippen molar-refractivity contribution in [1.82, 2.24) is 0 Å². The SMILES string of the molecule is Cc1ccc(OCCCCCC(F)(F)F)cc1. The fraction of sp³-hybridized carbons (Fsp3) is 0.538. The highest BCUT2D eigenvalue weighted by atomic mass is 19.4. The molecule has 4 heteroatoms. The second-order valence-corrected chi connectivity index (χ2v) is 4.09. The van der Waals surface area contributed by atoms with E-state index in [1.54, 1.807) is 0 Å². The maximum atomic E-state index is 11.8. The Kier molecular flexibility index (Phi) is 5.32. The van der Waals surface area contributed by atoms with E-state index in [9.17, 15) is 13.2 Å². The molecule has 0 spiro atoms. The molecule has 0 aromatic heterocycles. The van der Waals surface area contributed by atoms with Crippen LogP contribution in [0.3, 0.4) is 0 Å². The summed E-state index contributed by atoms with van der Waals surface area (Å²) >= 11 is 0. The van der Waals surface area contributed by atoms with E-state index in [1.165, 1.54) is 0 Å². The van der Waals surface area contributed by atoms with E-state index in [1.807, 2.05) is 31.2 Å². The number of alkyl halides is 3. The first-order chi connectivity index (χ1) is 7.97. The van der Waals surface area contributed by atoms with E-state index >= 15 is 0 Å². The molecule has 1 rings (SSSR count). The summed E-state index contributed by atoms with van der Waals surface area (Å²) in [5.74, 6) is 0.770. The Morgan fingerprint density at radius 2 is 1.65 bits per heavy atom. The summed E-state index contributed by atoms with van der Waals surface area (Å²) in [5.41, 5.74) is 1.16. The predicted octanol–water partition coefficient (Wildman–Crippen LogP) is 4.50. The number of unbranched alkanes of at least 4 members (excludes halogenated alkanes) is 2. The summed E-state index contributed by atoms with van der Waals surface area (Å²) in [6, 6.07) is 7.62. The van der Waals surface area contributed by atoms with Crippen molar-refractivity contribution in [2.45, 2.75) is 38.8 Å². The minimum Gasteiger partial charge on any atom is -0.494 e. The molecule has 1 aromatic rings. The summed E-state index contributed by atoms with van der Waals surface area (Å²) in [4.78, 5) is 0. The predicted molar refractivity (Wildman–Crippen MR) is 61.2 cm³/mol. The molecular formula is C13H17F3O. The normalized spacial score (nSPS) is 11.5. The Bertz CT molecular complexity index is 316. The molecule has 0 heterocycles. The molecule has 0 fully saturated rings. The lowest BCUT2D eigenvalue weighted by Gasteiger charge is -2.07. The van der Waals surface area contributed by atoms with Gasteiger partial charge in [0.2, 0.25) is 0 Å². The summed E-state index contributed by atoms with van der Waals surface area (Å²) < 4.78 is 40.9. The summed E-state index contributed by atoms with van der Waals surface area (Å²) in [5, 5.41) is 0. The standard InChI is InChI=1S/C13H17F3O/c1-11-5-7-12(8-6-11)17-10-4-2-3-9-13(14,15)16/h5-8H,2-4,9-10H2,1H3. The van der Waals surface area contributed by atoms with Crippen molar-refractivity contribution in [3.05, 3.63) is 29.8 Å². The van der Waals surface area contributed by atoms with Crippen molar-refractivity contribution in [3.8, 4) is 5.75 Å². The molecule has 17 heavy (non-hydrogen) atoms. The highest BCUT2D eigenvalue weighted by molar-refractivity contribution is 5.26. The monoisotopic (exact) mass is 246 g/mol. The number of halogens is 3. The molecule has 0 saturated heterocycles. The quantitative estimate of drug-likeness (QED) is 0.672. The van der Waals surface area contributed by atoms with Gasteiger partial charge in [0.1, 0.15) is 5.75 Å². The molecule has 0 N–H and O–H groups in total. The van der Waals surface area contributed by atoms with Gasteiger partial charge in [0.05, 0.1) is 6.61 Å². The lowest BCUT2D eigenvalue weighted by atomic mass is 10.2. The average Bonchev–Trinajstić information content (AvgIpc) is 2.24. The average molecular weight is 246 g/mol. The Balaban J connectivity index is 2.07. The fourth-order valence-corrected chi connectivity index (χ4v) is 1.43. The van der Waals surface area contributed by atoms with Gasteiger partial charge in [-0.15, -0.1) is 0 Å². The van der Waals surface area contributed by atoms with E-state index in [-0.39, 0.29) is 6.42 Å². The van der Waals surface area contributed by atoms with E-state index in [0.717, 1.165) is 11.3 Å². The molecule has 0 amide bonds. The van der Waals surface area contributed by atoms with Crippen LogP contribution in [0.5, 0.6) is 5.75 Å². The fourth-order valence-electron chi connectivity index (χ4n) is 1.43. The topological polar surface area (TPSA) is 9.23 Å². The molecule has 0 unspecified atom stereocenters. The third-order valence-corrected chi connectivity index (χ3v) is 2.39. The zero-order valence-electron chi connectivity index (χ0n) is 9.89. The van der Waals surface area contributed by atoms with Gasteiger partial charge < -0.3 is 4.74 Å². The molecule has 0 aliphatic rings. The lowest BCUT2D eigenvalue weighted by Crippen LogP contribution is -2.06. The van der Waals surface area contributed by atoms with E-state index < -0.39 is 12.6 Å². The minimum absolute atomic E-state index is 0.181. The first-order valence-electron chi connectivity index (χ1n) is 5.73. The maximum absolute atomic E-state index is 11.8. The first-order valence-corrected chi connectivity index (χ1v) is 5.73. The largest absolute Gasteiger partial charge is 0.494 e. The summed E-state index contributed by atoms with van der Waals surface area (Å²) in [7, 11) is 0. The van der Waals surface area contributed by atoms with E-state index in [4.69, 9.17) is 4.74 Å². The van der Waals surface area contributed by atoms with Crippen molar-refractivity contribution in [2.24, 2.45) is 0 Å². The van der Waals surface area contributed by atoms with Crippen molar-refractivity contribution in [1.29, 1.82) is 0 Å². The van der Waals surface area contributed by atoms with Gasteiger partial charge in [0.15, 0.2) is 0 Å². The molecule has 96 valence electrons. The van der Waals surface area contributed by atoms with Crippen LogP contribution in [0.4, 0.5) is 13.2 Å². The molecule has 0 bridgehead atoms. The Morgan fingerprint density at radius 1 is 1.00 bits per heavy atom. The van der Waals surface area contributed by atoms with Gasteiger partial charge in [0.25, 0.3) is 0 Å². The summed E-state index contributed by atoms with van der Waals surface area (Å²) in [6.45, 7) is 2.46. The Hall–Kier alpha value is -1.19. The molecule has 1 aromatic carbocycles. The van der Waals surface area contributed by atoms with Crippen LogP contribution in [0.2, 0.25) is 0 Å². The third-order valence-electron chi connectivity index (χ3n) is 2.39. The number of ether oxygens (including phenoxy) is 1. The van der Waals surface area contributed by atoms with Crippen molar-refractivity contribution < 1.29 is 17.9 Å². The second kappa shape index (κ2) is 6.52. The first kappa shape index (κ1) is 13.9.